The van der Waals surface area contributed by atoms with E-state index in [-0.39, 0.29) is 23.2 Å². The van der Waals surface area contributed by atoms with Gasteiger partial charge < -0.3 is 30.6 Å². The zero-order chi connectivity index (χ0) is 23.4. The molecule has 2 fully saturated rings. The van der Waals surface area contributed by atoms with E-state index >= 15 is 0 Å². The summed E-state index contributed by atoms with van der Waals surface area (Å²) in [6.45, 7) is 2.75. The Bertz CT molecular complexity index is 1070. The van der Waals surface area contributed by atoms with Gasteiger partial charge in [-0.3, -0.25) is 9.59 Å². The third kappa shape index (κ3) is 4.88. The van der Waals surface area contributed by atoms with Crippen molar-refractivity contribution in [3.63, 3.8) is 0 Å². The molecule has 0 spiro atoms. The number of ether oxygens (including phenoxy) is 1. The molecule has 0 unspecified atom stereocenters. The SMILES string of the molecule is C[NH2+]/C(C(=O)Nc1ccn2nc(N3CCOCC3)nc2c1)=C(\C=N)C(=O)N(C)C1CCCC1. The molecular formula is C22H31N8O3+. The monoisotopic (exact) mass is 455 g/mol. The van der Waals surface area contributed by atoms with Gasteiger partial charge in [0.1, 0.15) is 5.57 Å². The van der Waals surface area contributed by atoms with Crippen molar-refractivity contribution in [2.24, 2.45) is 0 Å². The lowest BCUT2D eigenvalue weighted by molar-refractivity contribution is -0.570. The van der Waals surface area contributed by atoms with Gasteiger partial charge in [0.2, 0.25) is 11.6 Å². The zero-order valence-electron chi connectivity index (χ0n) is 19.1. The summed E-state index contributed by atoms with van der Waals surface area (Å²) in [5.41, 5.74) is 1.40. The van der Waals surface area contributed by atoms with Gasteiger partial charge >= 0.3 is 5.91 Å². The van der Waals surface area contributed by atoms with Crippen LogP contribution >= 0.6 is 0 Å². The van der Waals surface area contributed by atoms with Gasteiger partial charge in [0, 0.05) is 50.3 Å². The molecule has 1 saturated heterocycles. The van der Waals surface area contributed by atoms with Crippen LogP contribution in [0.5, 0.6) is 0 Å². The van der Waals surface area contributed by atoms with E-state index in [1.807, 2.05) is 0 Å². The second-order valence-electron chi connectivity index (χ2n) is 8.30. The lowest BCUT2D eigenvalue weighted by Crippen LogP contribution is -2.80. The molecule has 0 atom stereocenters. The summed E-state index contributed by atoms with van der Waals surface area (Å²) in [6, 6.07) is 3.62. The minimum atomic E-state index is -0.443. The van der Waals surface area contributed by atoms with Crippen molar-refractivity contribution in [1.82, 2.24) is 19.5 Å². The number of aromatic nitrogens is 3. The number of anilines is 2. The number of nitrogens with two attached hydrogens (primary N) is 1. The average Bonchev–Trinajstić information content (AvgIpc) is 3.52. The molecule has 3 heterocycles. The van der Waals surface area contributed by atoms with E-state index in [9.17, 15) is 9.59 Å². The highest BCUT2D eigenvalue weighted by Gasteiger charge is 2.30. The molecule has 2 amide bonds. The number of rotatable bonds is 7. The number of nitrogens with zero attached hydrogens (tertiary/aromatic N) is 5. The van der Waals surface area contributed by atoms with Crippen LogP contribution in [0.2, 0.25) is 0 Å². The minimum absolute atomic E-state index is 0.0857. The third-order valence-corrected chi connectivity index (χ3v) is 6.27. The molecular weight excluding hydrogens is 424 g/mol. The van der Waals surface area contributed by atoms with E-state index in [0.717, 1.165) is 45.0 Å². The van der Waals surface area contributed by atoms with E-state index < -0.39 is 5.91 Å². The molecule has 11 heteroatoms. The van der Waals surface area contributed by atoms with Gasteiger partial charge in [0.15, 0.2) is 5.65 Å². The van der Waals surface area contributed by atoms with Crippen molar-refractivity contribution in [3.05, 3.63) is 29.6 Å². The lowest BCUT2D eigenvalue weighted by atomic mass is 10.1. The second-order valence-corrected chi connectivity index (χ2v) is 8.30. The van der Waals surface area contributed by atoms with Gasteiger partial charge in [-0.05, 0) is 18.9 Å². The first-order chi connectivity index (χ1) is 16.0. The Morgan fingerprint density at radius 2 is 2.03 bits per heavy atom. The van der Waals surface area contributed by atoms with Gasteiger partial charge in [0.25, 0.3) is 5.91 Å². The first-order valence-corrected chi connectivity index (χ1v) is 11.3. The normalized spacial score (nSPS) is 17.7. The Labute approximate surface area is 192 Å². The van der Waals surface area contributed by atoms with Crippen molar-refractivity contribution in [2.45, 2.75) is 31.7 Å². The van der Waals surface area contributed by atoms with Crippen molar-refractivity contribution in [2.75, 3.05) is 50.6 Å². The molecule has 2 aliphatic rings. The number of amides is 2. The maximum Gasteiger partial charge on any atom is 0.310 e. The number of likely N-dealkylation sites (N-methyl/N-ethyl adjacent to an activating group) is 2. The van der Waals surface area contributed by atoms with Crippen LogP contribution in [0, 0.1) is 5.41 Å². The van der Waals surface area contributed by atoms with Crippen molar-refractivity contribution in [1.29, 1.82) is 5.41 Å². The third-order valence-electron chi connectivity index (χ3n) is 6.27. The van der Waals surface area contributed by atoms with E-state index in [1.165, 1.54) is 0 Å². The first-order valence-electron chi connectivity index (χ1n) is 11.3. The number of quaternary nitrogens is 1. The van der Waals surface area contributed by atoms with E-state index in [4.69, 9.17) is 10.1 Å². The van der Waals surface area contributed by atoms with E-state index in [2.05, 4.69) is 20.3 Å². The fourth-order valence-electron chi connectivity index (χ4n) is 4.35. The molecule has 0 radical (unpaired) electrons. The van der Waals surface area contributed by atoms with Crippen molar-refractivity contribution < 1.29 is 19.6 Å². The fraction of sp³-hybridized carbons (Fsp3) is 0.500. The van der Waals surface area contributed by atoms with Crippen LogP contribution in [0.25, 0.3) is 5.65 Å². The van der Waals surface area contributed by atoms with Crippen LogP contribution in [-0.4, -0.2) is 84.0 Å². The first kappa shape index (κ1) is 22.9. The average molecular weight is 456 g/mol. The highest BCUT2D eigenvalue weighted by Crippen LogP contribution is 2.23. The Morgan fingerprint density at radius 1 is 1.30 bits per heavy atom. The van der Waals surface area contributed by atoms with Crippen LogP contribution < -0.4 is 15.5 Å². The molecule has 1 saturated carbocycles. The number of nitrogens with one attached hydrogen (secondary N) is 2. The minimum Gasteiger partial charge on any atom is -0.378 e. The zero-order valence-corrected chi connectivity index (χ0v) is 19.1. The Morgan fingerprint density at radius 3 is 2.70 bits per heavy atom. The van der Waals surface area contributed by atoms with Gasteiger partial charge in [0.05, 0.1) is 20.3 Å². The van der Waals surface area contributed by atoms with E-state index in [1.54, 1.807) is 47.2 Å². The second kappa shape index (κ2) is 10.1. The summed E-state index contributed by atoms with van der Waals surface area (Å²) < 4.78 is 7.04. The number of morpholine rings is 1. The lowest BCUT2D eigenvalue weighted by Gasteiger charge is -2.25. The van der Waals surface area contributed by atoms with Crippen molar-refractivity contribution >= 4 is 35.3 Å². The van der Waals surface area contributed by atoms with Crippen LogP contribution in [0.1, 0.15) is 25.7 Å². The quantitative estimate of drug-likeness (QED) is 0.398. The molecule has 0 bridgehead atoms. The Hall–Kier alpha value is -3.31. The molecule has 4 N–H and O–H groups in total. The number of fused-ring (bicyclic) bond motifs is 1. The number of carbonyl (C=O) groups excluding carboxylic acids is 2. The number of pyridine rings is 1. The predicted molar refractivity (Wildman–Crippen MR) is 123 cm³/mol. The van der Waals surface area contributed by atoms with Crippen molar-refractivity contribution in [3.8, 4) is 0 Å². The molecule has 2 aromatic rings. The summed E-state index contributed by atoms with van der Waals surface area (Å²) in [5.74, 6) is -0.124. The van der Waals surface area contributed by atoms with Crippen LogP contribution in [0.15, 0.2) is 29.6 Å². The number of hydrogen-bond donors (Lipinski definition) is 3. The summed E-state index contributed by atoms with van der Waals surface area (Å²) in [7, 11) is 3.44. The van der Waals surface area contributed by atoms with Crippen LogP contribution in [0.4, 0.5) is 11.6 Å². The Kier molecular flexibility index (Phi) is 6.99. The molecule has 2 aromatic heterocycles. The van der Waals surface area contributed by atoms with Gasteiger partial charge in [-0.15, -0.1) is 5.10 Å². The molecule has 1 aliphatic carbocycles. The summed E-state index contributed by atoms with van der Waals surface area (Å²) in [4.78, 5) is 34.4. The number of carbonyl (C=O) groups is 2. The maximum atomic E-state index is 13.0. The predicted octanol–water partition coefficient (Wildman–Crippen LogP) is 0.00227. The summed E-state index contributed by atoms with van der Waals surface area (Å²) in [6.07, 6.45) is 6.80. The fourth-order valence-corrected chi connectivity index (χ4v) is 4.35. The maximum absolute atomic E-state index is 13.0. The topological polar surface area (TPSA) is 133 Å². The smallest absolute Gasteiger partial charge is 0.310 e. The Balaban J connectivity index is 1.53. The summed E-state index contributed by atoms with van der Waals surface area (Å²) in [5, 5.41) is 16.7. The summed E-state index contributed by atoms with van der Waals surface area (Å²) >= 11 is 0. The van der Waals surface area contributed by atoms with Gasteiger partial charge in [-0.25, -0.2) is 4.52 Å². The standard InChI is InChI=1S/C22H30N8O3/c1-24-19(17(14-23)21(32)28(2)16-5-3-4-6-16)20(31)25-15-7-8-30-18(13-15)26-22(27-30)29-9-11-33-12-10-29/h7-8,13-14,16,23-24H,3-6,9-12H2,1-2H3,(H,25,31)/p+1/b19-17+,23-14?. The van der Waals surface area contributed by atoms with Gasteiger partial charge in [-0.2, -0.15) is 4.98 Å². The number of hydrogen-bond acceptors (Lipinski definition) is 7. The molecule has 176 valence electrons. The van der Waals surface area contributed by atoms with Crippen LogP contribution in [-0.2, 0) is 14.3 Å². The van der Waals surface area contributed by atoms with Crippen LogP contribution in [0.3, 0.4) is 0 Å². The highest BCUT2D eigenvalue weighted by molar-refractivity contribution is 6.18. The van der Waals surface area contributed by atoms with Gasteiger partial charge in [-0.1, -0.05) is 12.8 Å². The largest absolute Gasteiger partial charge is 0.378 e. The molecule has 11 nitrogen and oxygen atoms in total. The molecule has 33 heavy (non-hydrogen) atoms. The molecule has 4 rings (SSSR count). The molecule has 1 aliphatic heterocycles. The highest BCUT2D eigenvalue weighted by atomic mass is 16.5. The molecule has 0 aromatic carbocycles. The van der Waals surface area contributed by atoms with E-state index in [0.29, 0.717) is 30.5 Å².